The summed E-state index contributed by atoms with van der Waals surface area (Å²) in [6, 6.07) is 13.9. The van der Waals surface area contributed by atoms with Gasteiger partial charge in [-0.1, -0.05) is 46.3 Å². The van der Waals surface area contributed by atoms with Gasteiger partial charge in [0.15, 0.2) is 0 Å². The van der Waals surface area contributed by atoms with Crippen molar-refractivity contribution in [1.82, 2.24) is 0 Å². The van der Waals surface area contributed by atoms with Crippen LogP contribution in [0.25, 0.3) is 11.0 Å². The number of alkyl halides is 1. The summed E-state index contributed by atoms with van der Waals surface area (Å²) >= 11 is 3.19. The number of carbonyl (C=O) groups is 1. The van der Waals surface area contributed by atoms with Crippen molar-refractivity contribution in [3.63, 3.8) is 0 Å². The van der Waals surface area contributed by atoms with E-state index in [9.17, 15) is 9.18 Å². The summed E-state index contributed by atoms with van der Waals surface area (Å²) in [6.07, 6.45) is 0.707. The molecule has 0 amide bonds. The Hall–Kier alpha value is -2.14. The molecule has 0 aliphatic heterocycles. The standard InChI is InChI=1S/C17H12BrFO3/c18-14(9-20)17-8-13-15(6-12(19)7-16(13)22-17)21-10-11-4-2-1-3-5-11/h1-9,14H,10H2. The second kappa shape index (κ2) is 6.32. The highest BCUT2D eigenvalue weighted by Crippen LogP contribution is 2.34. The first-order chi connectivity index (χ1) is 10.7. The molecule has 0 spiro atoms. The maximum absolute atomic E-state index is 13.7. The molecule has 112 valence electrons. The predicted octanol–water partition coefficient (Wildman–Crippen LogP) is 4.79. The average molecular weight is 363 g/mol. The van der Waals surface area contributed by atoms with Gasteiger partial charge in [0.1, 0.15) is 40.6 Å². The molecule has 0 saturated carbocycles. The number of rotatable bonds is 5. The van der Waals surface area contributed by atoms with Crippen molar-refractivity contribution >= 4 is 33.2 Å². The van der Waals surface area contributed by atoms with Gasteiger partial charge in [-0.15, -0.1) is 0 Å². The highest BCUT2D eigenvalue weighted by Gasteiger charge is 2.16. The second-order valence-electron chi connectivity index (χ2n) is 4.78. The number of carbonyl (C=O) groups excluding carboxylic acids is 1. The molecule has 1 heterocycles. The van der Waals surface area contributed by atoms with Crippen LogP contribution in [0.15, 0.2) is 52.9 Å². The zero-order chi connectivity index (χ0) is 15.5. The molecule has 0 saturated heterocycles. The van der Waals surface area contributed by atoms with Gasteiger partial charge in [-0.05, 0) is 11.6 Å². The van der Waals surface area contributed by atoms with Crippen LogP contribution in [-0.2, 0) is 11.4 Å². The van der Waals surface area contributed by atoms with E-state index in [1.165, 1.54) is 12.1 Å². The smallest absolute Gasteiger partial charge is 0.141 e. The number of ether oxygens (including phenoxy) is 1. The Balaban J connectivity index is 1.94. The summed E-state index contributed by atoms with van der Waals surface area (Å²) in [5.41, 5.74) is 1.33. The quantitative estimate of drug-likeness (QED) is 0.484. The third-order valence-electron chi connectivity index (χ3n) is 3.21. The number of hydrogen-bond acceptors (Lipinski definition) is 3. The van der Waals surface area contributed by atoms with Crippen molar-refractivity contribution in [1.29, 1.82) is 0 Å². The lowest BCUT2D eigenvalue weighted by molar-refractivity contribution is -0.107. The molecule has 1 aromatic heterocycles. The van der Waals surface area contributed by atoms with E-state index in [0.717, 1.165) is 5.56 Å². The van der Waals surface area contributed by atoms with Gasteiger partial charge in [0, 0.05) is 12.1 Å². The third kappa shape index (κ3) is 3.04. The molecular formula is C17H12BrFO3. The molecule has 3 nitrogen and oxygen atoms in total. The number of benzene rings is 2. The average Bonchev–Trinajstić information content (AvgIpc) is 2.96. The normalized spacial score (nSPS) is 12.3. The van der Waals surface area contributed by atoms with Crippen LogP contribution < -0.4 is 4.74 Å². The Morgan fingerprint density at radius 3 is 2.73 bits per heavy atom. The van der Waals surface area contributed by atoms with Crippen LogP contribution in [0.2, 0.25) is 0 Å². The number of furan rings is 1. The van der Waals surface area contributed by atoms with Crippen molar-refractivity contribution in [2.45, 2.75) is 11.4 Å². The van der Waals surface area contributed by atoms with Gasteiger partial charge in [-0.3, -0.25) is 0 Å². The maximum Gasteiger partial charge on any atom is 0.141 e. The molecule has 0 aliphatic carbocycles. The van der Waals surface area contributed by atoms with E-state index < -0.39 is 10.6 Å². The van der Waals surface area contributed by atoms with E-state index in [1.807, 2.05) is 30.3 Å². The molecular weight excluding hydrogens is 351 g/mol. The molecule has 2 aromatic carbocycles. The summed E-state index contributed by atoms with van der Waals surface area (Å²) in [5, 5.41) is 0.638. The summed E-state index contributed by atoms with van der Waals surface area (Å²) in [7, 11) is 0. The van der Waals surface area contributed by atoms with Gasteiger partial charge >= 0.3 is 0 Å². The van der Waals surface area contributed by atoms with Gasteiger partial charge in [-0.25, -0.2) is 4.39 Å². The van der Waals surface area contributed by atoms with Crippen LogP contribution >= 0.6 is 15.9 Å². The largest absolute Gasteiger partial charge is 0.488 e. The predicted molar refractivity (Wildman–Crippen MR) is 84.7 cm³/mol. The van der Waals surface area contributed by atoms with Crippen LogP contribution in [0.5, 0.6) is 5.75 Å². The first kappa shape index (κ1) is 14.8. The summed E-state index contributed by atoms with van der Waals surface area (Å²) in [4.78, 5) is 10.3. The minimum absolute atomic E-state index is 0.325. The summed E-state index contributed by atoms with van der Waals surface area (Å²) in [5.74, 6) is 0.355. The van der Waals surface area contributed by atoms with E-state index in [1.54, 1.807) is 6.07 Å². The minimum Gasteiger partial charge on any atom is -0.488 e. The van der Waals surface area contributed by atoms with E-state index in [-0.39, 0.29) is 0 Å². The van der Waals surface area contributed by atoms with Crippen molar-refractivity contribution in [3.05, 3.63) is 65.7 Å². The Morgan fingerprint density at radius 1 is 1.23 bits per heavy atom. The molecule has 0 bridgehead atoms. The molecule has 22 heavy (non-hydrogen) atoms. The molecule has 0 N–H and O–H groups in total. The van der Waals surface area contributed by atoms with E-state index in [4.69, 9.17) is 9.15 Å². The highest BCUT2D eigenvalue weighted by atomic mass is 79.9. The number of aldehydes is 1. The molecule has 1 unspecified atom stereocenters. The molecule has 5 heteroatoms. The van der Waals surface area contributed by atoms with Crippen LogP contribution in [0.4, 0.5) is 4.39 Å². The monoisotopic (exact) mass is 362 g/mol. The number of hydrogen-bond donors (Lipinski definition) is 0. The fourth-order valence-corrected chi connectivity index (χ4v) is 2.38. The molecule has 1 atom stereocenters. The molecule has 0 radical (unpaired) electrons. The van der Waals surface area contributed by atoms with Crippen molar-refractivity contribution in [2.75, 3.05) is 0 Å². The fourth-order valence-electron chi connectivity index (χ4n) is 2.15. The zero-order valence-corrected chi connectivity index (χ0v) is 13.0. The first-order valence-corrected chi connectivity index (χ1v) is 7.58. The summed E-state index contributed by atoms with van der Waals surface area (Å²) in [6.45, 7) is 0.325. The topological polar surface area (TPSA) is 39.4 Å². The van der Waals surface area contributed by atoms with Gasteiger partial charge in [0.25, 0.3) is 0 Å². The van der Waals surface area contributed by atoms with Gasteiger partial charge < -0.3 is 13.9 Å². The first-order valence-electron chi connectivity index (χ1n) is 6.66. The van der Waals surface area contributed by atoms with E-state index in [0.29, 0.717) is 35.4 Å². The van der Waals surface area contributed by atoms with Gasteiger partial charge in [0.05, 0.1) is 5.39 Å². The van der Waals surface area contributed by atoms with Crippen LogP contribution in [-0.4, -0.2) is 6.29 Å². The lowest BCUT2D eigenvalue weighted by Gasteiger charge is -2.07. The molecule has 0 aliphatic rings. The SMILES string of the molecule is O=CC(Br)c1cc2c(OCc3ccccc3)cc(F)cc2o1. The lowest BCUT2D eigenvalue weighted by Crippen LogP contribution is -1.95. The van der Waals surface area contributed by atoms with Crippen LogP contribution in [0.3, 0.4) is 0 Å². The maximum atomic E-state index is 13.7. The lowest BCUT2D eigenvalue weighted by atomic mass is 10.2. The zero-order valence-electron chi connectivity index (χ0n) is 11.5. The van der Waals surface area contributed by atoms with Crippen LogP contribution in [0, 0.1) is 5.82 Å². The van der Waals surface area contributed by atoms with Crippen molar-refractivity contribution < 1.29 is 18.3 Å². The minimum atomic E-state index is -0.565. The van der Waals surface area contributed by atoms with Crippen molar-refractivity contribution in [3.8, 4) is 5.75 Å². The third-order valence-corrected chi connectivity index (χ3v) is 3.88. The Bertz CT molecular complexity index is 798. The van der Waals surface area contributed by atoms with Gasteiger partial charge in [0.2, 0.25) is 0 Å². The van der Waals surface area contributed by atoms with Gasteiger partial charge in [-0.2, -0.15) is 0 Å². The van der Waals surface area contributed by atoms with Crippen LogP contribution in [0.1, 0.15) is 16.2 Å². The second-order valence-corrected chi connectivity index (χ2v) is 5.76. The molecule has 3 rings (SSSR count). The Morgan fingerprint density at radius 2 is 2.00 bits per heavy atom. The Kier molecular flexibility index (Phi) is 4.24. The van der Waals surface area contributed by atoms with E-state index in [2.05, 4.69) is 15.9 Å². The number of fused-ring (bicyclic) bond motifs is 1. The highest BCUT2D eigenvalue weighted by molar-refractivity contribution is 9.09. The molecule has 0 fully saturated rings. The number of halogens is 2. The Labute approximate surface area is 134 Å². The molecule has 3 aromatic rings. The fraction of sp³-hybridized carbons (Fsp3) is 0.118. The van der Waals surface area contributed by atoms with E-state index >= 15 is 0 Å². The summed E-state index contributed by atoms with van der Waals surface area (Å²) < 4.78 is 24.9. The van der Waals surface area contributed by atoms with Crippen molar-refractivity contribution in [2.24, 2.45) is 0 Å².